The fraction of sp³-hybridized carbons (Fsp3) is 0.167. The molecule has 1 N–H and O–H groups in total. The van der Waals surface area contributed by atoms with Crippen molar-refractivity contribution in [1.29, 1.82) is 0 Å². The molecule has 0 unspecified atom stereocenters. The van der Waals surface area contributed by atoms with E-state index < -0.39 is 38.9 Å². The van der Waals surface area contributed by atoms with Gasteiger partial charge in [-0.25, -0.2) is 21.6 Å². The van der Waals surface area contributed by atoms with Gasteiger partial charge in [-0.3, -0.25) is 4.79 Å². The minimum Gasteiger partial charge on any atom is -0.339 e. The summed E-state index contributed by atoms with van der Waals surface area (Å²) in [7, 11) is -3.79. The van der Waals surface area contributed by atoms with Gasteiger partial charge in [0.25, 0.3) is 0 Å². The van der Waals surface area contributed by atoms with Crippen LogP contribution in [-0.2, 0) is 26.8 Å². The number of aryl methyl sites for hydroxylation is 1. The molecule has 152 valence electrons. The molecule has 1 heterocycles. The van der Waals surface area contributed by atoms with Gasteiger partial charge in [-0.15, -0.1) is 0 Å². The lowest BCUT2D eigenvalue weighted by atomic mass is 10.2. The number of rotatable bonds is 7. The third-order valence-corrected chi connectivity index (χ3v) is 5.40. The van der Waals surface area contributed by atoms with Crippen molar-refractivity contribution in [2.24, 2.45) is 0 Å². The molecular formula is C18H14F3N3O4S. The smallest absolute Gasteiger partial charge is 0.227 e. The van der Waals surface area contributed by atoms with Crippen LogP contribution >= 0.6 is 0 Å². The monoisotopic (exact) mass is 425 g/mol. The normalized spacial score (nSPS) is 11.4. The average Bonchev–Trinajstić information content (AvgIpc) is 3.10. The molecule has 1 aromatic heterocycles. The molecule has 0 atom stereocenters. The van der Waals surface area contributed by atoms with Crippen LogP contribution in [0.2, 0.25) is 0 Å². The number of halogens is 3. The number of anilines is 1. The number of sulfone groups is 1. The summed E-state index contributed by atoms with van der Waals surface area (Å²) in [5, 5.41) is 5.95. The fourth-order valence-corrected chi connectivity index (χ4v) is 3.54. The van der Waals surface area contributed by atoms with E-state index in [4.69, 9.17) is 4.52 Å². The van der Waals surface area contributed by atoms with E-state index in [1.807, 2.05) is 0 Å². The van der Waals surface area contributed by atoms with Crippen molar-refractivity contribution < 1.29 is 30.9 Å². The number of nitrogens with one attached hydrogen (secondary N) is 1. The molecule has 29 heavy (non-hydrogen) atoms. The van der Waals surface area contributed by atoms with Crippen LogP contribution in [0.15, 0.2) is 51.9 Å². The van der Waals surface area contributed by atoms with Crippen molar-refractivity contribution in [3.8, 4) is 0 Å². The van der Waals surface area contributed by atoms with E-state index in [0.717, 1.165) is 36.4 Å². The van der Waals surface area contributed by atoms with E-state index in [1.165, 1.54) is 6.07 Å². The van der Waals surface area contributed by atoms with Crippen molar-refractivity contribution in [3.05, 3.63) is 71.6 Å². The molecule has 3 aromatic rings. The van der Waals surface area contributed by atoms with E-state index in [-0.39, 0.29) is 35.1 Å². The number of amides is 1. The second-order valence-corrected chi connectivity index (χ2v) is 7.98. The van der Waals surface area contributed by atoms with Gasteiger partial charge in [0.2, 0.25) is 11.8 Å². The van der Waals surface area contributed by atoms with Crippen molar-refractivity contribution in [1.82, 2.24) is 10.1 Å². The Morgan fingerprint density at radius 2 is 1.76 bits per heavy atom. The first-order valence-corrected chi connectivity index (χ1v) is 9.93. The van der Waals surface area contributed by atoms with Crippen LogP contribution in [0.25, 0.3) is 0 Å². The molecule has 0 aliphatic heterocycles. The summed E-state index contributed by atoms with van der Waals surface area (Å²) >= 11 is 0. The highest BCUT2D eigenvalue weighted by atomic mass is 32.2. The minimum absolute atomic E-state index is 0.0130. The molecule has 0 fully saturated rings. The van der Waals surface area contributed by atoms with Gasteiger partial charge in [-0.1, -0.05) is 5.16 Å². The minimum atomic E-state index is -3.79. The SMILES string of the molecule is O=C(CCc1nc(CS(=O)(=O)c2ccc(F)cc2)no1)Nc1ccc(F)c(F)c1. The highest BCUT2D eigenvalue weighted by Crippen LogP contribution is 2.16. The van der Waals surface area contributed by atoms with Crippen LogP contribution in [0.4, 0.5) is 18.9 Å². The summed E-state index contributed by atoms with van der Waals surface area (Å²) in [5.74, 6) is -3.81. The Hall–Kier alpha value is -3.21. The number of hydrogen-bond donors (Lipinski definition) is 1. The lowest BCUT2D eigenvalue weighted by Crippen LogP contribution is -2.12. The van der Waals surface area contributed by atoms with Crippen molar-refractivity contribution >= 4 is 21.4 Å². The van der Waals surface area contributed by atoms with E-state index in [1.54, 1.807) is 0 Å². The number of carbonyl (C=O) groups is 1. The summed E-state index contributed by atoms with van der Waals surface area (Å²) in [4.78, 5) is 15.7. The van der Waals surface area contributed by atoms with Gasteiger partial charge >= 0.3 is 0 Å². The Labute approximate surface area is 163 Å². The summed E-state index contributed by atoms with van der Waals surface area (Å²) in [6.45, 7) is 0. The molecule has 3 rings (SSSR count). The molecule has 11 heteroatoms. The van der Waals surface area contributed by atoms with Crippen LogP contribution < -0.4 is 5.32 Å². The van der Waals surface area contributed by atoms with Gasteiger partial charge < -0.3 is 9.84 Å². The Balaban J connectivity index is 1.56. The molecule has 1 amide bonds. The van der Waals surface area contributed by atoms with Gasteiger partial charge in [-0.05, 0) is 36.4 Å². The van der Waals surface area contributed by atoms with Crippen LogP contribution in [0.3, 0.4) is 0 Å². The zero-order chi connectivity index (χ0) is 21.0. The maximum atomic E-state index is 13.1. The molecule has 0 spiro atoms. The van der Waals surface area contributed by atoms with E-state index in [0.29, 0.717) is 0 Å². The lowest BCUT2D eigenvalue weighted by molar-refractivity contribution is -0.116. The Bertz CT molecular complexity index is 1130. The topological polar surface area (TPSA) is 102 Å². The quantitative estimate of drug-likeness (QED) is 0.584. The van der Waals surface area contributed by atoms with Crippen LogP contribution in [0.5, 0.6) is 0 Å². The number of nitrogens with zero attached hydrogens (tertiary/aromatic N) is 2. The molecule has 0 bridgehead atoms. The highest BCUT2D eigenvalue weighted by molar-refractivity contribution is 7.90. The standard InChI is InChI=1S/C18H14F3N3O4S/c19-11-1-4-13(5-2-11)29(26,27)10-16-23-18(28-24-16)8-7-17(25)22-12-3-6-14(20)15(21)9-12/h1-6,9H,7-8,10H2,(H,22,25). The zero-order valence-electron chi connectivity index (χ0n) is 14.7. The lowest BCUT2D eigenvalue weighted by Gasteiger charge is -2.04. The predicted octanol–water partition coefficient (Wildman–Crippen LogP) is 3.03. The first-order valence-electron chi connectivity index (χ1n) is 8.27. The van der Waals surface area contributed by atoms with E-state index in [9.17, 15) is 26.4 Å². The van der Waals surface area contributed by atoms with Crippen molar-refractivity contribution in [2.45, 2.75) is 23.5 Å². The van der Waals surface area contributed by atoms with E-state index >= 15 is 0 Å². The first-order chi connectivity index (χ1) is 13.7. The van der Waals surface area contributed by atoms with Gasteiger partial charge in [0.05, 0.1) is 4.90 Å². The molecular weight excluding hydrogens is 411 g/mol. The molecule has 0 aliphatic carbocycles. The Kier molecular flexibility index (Phi) is 5.97. The number of aromatic nitrogens is 2. The van der Waals surface area contributed by atoms with Crippen molar-refractivity contribution in [2.75, 3.05) is 5.32 Å². The Morgan fingerprint density at radius 3 is 2.45 bits per heavy atom. The van der Waals surface area contributed by atoms with E-state index in [2.05, 4.69) is 15.5 Å². The average molecular weight is 425 g/mol. The summed E-state index contributed by atoms with van der Waals surface area (Å²) < 4.78 is 68.4. The van der Waals surface area contributed by atoms with Crippen LogP contribution in [0.1, 0.15) is 18.1 Å². The maximum Gasteiger partial charge on any atom is 0.227 e. The van der Waals surface area contributed by atoms with Crippen LogP contribution in [0, 0.1) is 17.5 Å². The summed E-state index contributed by atoms with van der Waals surface area (Å²) in [6.07, 6.45) is -0.0928. The number of benzene rings is 2. The molecule has 2 aromatic carbocycles. The van der Waals surface area contributed by atoms with Gasteiger partial charge in [0.1, 0.15) is 11.6 Å². The summed E-state index contributed by atoms with van der Waals surface area (Å²) in [6, 6.07) is 7.26. The predicted molar refractivity (Wildman–Crippen MR) is 94.9 cm³/mol. The van der Waals surface area contributed by atoms with Gasteiger partial charge in [-0.2, -0.15) is 4.98 Å². The van der Waals surface area contributed by atoms with Gasteiger partial charge in [0.15, 0.2) is 27.3 Å². The number of carbonyl (C=O) groups excluding carboxylic acids is 1. The second kappa shape index (κ2) is 8.43. The van der Waals surface area contributed by atoms with Gasteiger partial charge in [0, 0.05) is 24.6 Å². The highest BCUT2D eigenvalue weighted by Gasteiger charge is 2.20. The fourth-order valence-electron chi connectivity index (χ4n) is 2.36. The molecule has 0 saturated heterocycles. The Morgan fingerprint density at radius 1 is 1.03 bits per heavy atom. The van der Waals surface area contributed by atoms with Crippen LogP contribution in [-0.4, -0.2) is 24.5 Å². The molecule has 0 radical (unpaired) electrons. The van der Waals surface area contributed by atoms with Crippen molar-refractivity contribution in [3.63, 3.8) is 0 Å². The third-order valence-electron chi connectivity index (χ3n) is 3.77. The first kappa shape index (κ1) is 20.5. The molecule has 0 saturated carbocycles. The maximum absolute atomic E-state index is 13.1. The number of hydrogen-bond acceptors (Lipinski definition) is 6. The summed E-state index contributed by atoms with van der Waals surface area (Å²) in [5.41, 5.74) is 0.0884. The largest absolute Gasteiger partial charge is 0.339 e. The molecule has 0 aliphatic rings. The molecule has 7 nitrogen and oxygen atoms in total. The zero-order valence-corrected chi connectivity index (χ0v) is 15.5. The third kappa shape index (κ3) is 5.41. The second-order valence-electron chi connectivity index (χ2n) is 5.99.